The van der Waals surface area contributed by atoms with E-state index in [9.17, 15) is 18.4 Å². The molecule has 1 fully saturated rings. The molecule has 1 aliphatic rings. The Labute approximate surface area is 204 Å². The highest BCUT2D eigenvalue weighted by atomic mass is 35.5. The molecule has 1 saturated heterocycles. The summed E-state index contributed by atoms with van der Waals surface area (Å²) in [6.45, 7) is 0.0161. The van der Waals surface area contributed by atoms with Crippen molar-refractivity contribution in [3.8, 4) is 5.75 Å². The van der Waals surface area contributed by atoms with E-state index in [4.69, 9.17) is 27.9 Å². The Morgan fingerprint density at radius 3 is 2.59 bits per heavy atom. The zero-order chi connectivity index (χ0) is 24.2. The quantitative estimate of drug-likeness (QED) is 0.424. The van der Waals surface area contributed by atoms with E-state index in [0.29, 0.717) is 22.1 Å². The van der Waals surface area contributed by atoms with Gasteiger partial charge in [-0.05, 0) is 54.6 Å². The predicted molar refractivity (Wildman–Crippen MR) is 126 cm³/mol. The monoisotopic (exact) mass is 505 g/mol. The maximum absolute atomic E-state index is 14.0. The second-order valence-electron chi connectivity index (χ2n) is 7.63. The van der Waals surface area contributed by atoms with Crippen molar-refractivity contribution in [2.45, 2.75) is 13.0 Å². The van der Waals surface area contributed by atoms with Gasteiger partial charge in [-0.15, -0.1) is 0 Å². The third-order valence-electron chi connectivity index (χ3n) is 5.33. The summed E-state index contributed by atoms with van der Waals surface area (Å²) >= 11 is 12.1. The first-order valence-electron chi connectivity index (χ1n) is 10.3. The van der Waals surface area contributed by atoms with E-state index in [1.54, 1.807) is 18.2 Å². The van der Waals surface area contributed by atoms with Gasteiger partial charge in [0.25, 0.3) is 0 Å². The molecule has 0 bridgehead atoms. The maximum Gasteiger partial charge on any atom is 0.243 e. The van der Waals surface area contributed by atoms with Crippen molar-refractivity contribution in [2.75, 3.05) is 16.9 Å². The molecule has 10 heteroatoms. The maximum atomic E-state index is 14.0. The van der Waals surface area contributed by atoms with Crippen LogP contribution in [0.5, 0.6) is 5.75 Å². The highest BCUT2D eigenvalue weighted by Gasteiger charge is 2.35. The molecule has 0 unspecified atom stereocenters. The number of amides is 2. The Morgan fingerprint density at radius 1 is 1.09 bits per heavy atom. The smallest absolute Gasteiger partial charge is 0.243 e. The van der Waals surface area contributed by atoms with Crippen LogP contribution in [-0.2, 0) is 16.2 Å². The summed E-state index contributed by atoms with van der Waals surface area (Å²) in [6, 6.07) is 14.5. The summed E-state index contributed by atoms with van der Waals surface area (Å²) in [5, 5.41) is 0.611. The number of hydrogen-bond acceptors (Lipinski definition) is 4. The molecule has 4 rings (SSSR count). The lowest BCUT2D eigenvalue weighted by Crippen LogP contribution is -2.36. The van der Waals surface area contributed by atoms with Crippen molar-refractivity contribution in [1.29, 1.82) is 0 Å². The SMILES string of the molecule is O=C(NNc1cc(Cl)ccc1OCc1c(F)cccc1Cl)[C@@H]1CC(=O)N(c2ccc(F)cc2)C1. The van der Waals surface area contributed by atoms with Gasteiger partial charge in [0.15, 0.2) is 0 Å². The number of hydrogen-bond donors (Lipinski definition) is 2. The van der Waals surface area contributed by atoms with Crippen LogP contribution in [0.15, 0.2) is 60.7 Å². The van der Waals surface area contributed by atoms with Gasteiger partial charge in [-0.25, -0.2) is 8.78 Å². The molecule has 0 radical (unpaired) electrons. The van der Waals surface area contributed by atoms with Crippen molar-refractivity contribution >= 4 is 46.4 Å². The van der Waals surface area contributed by atoms with Crippen molar-refractivity contribution < 1.29 is 23.1 Å². The van der Waals surface area contributed by atoms with E-state index in [2.05, 4.69) is 10.9 Å². The first kappa shape index (κ1) is 23.8. The number of halogens is 4. The minimum absolute atomic E-state index is 0.00950. The van der Waals surface area contributed by atoms with Gasteiger partial charge in [-0.3, -0.25) is 20.4 Å². The minimum Gasteiger partial charge on any atom is -0.487 e. The lowest BCUT2D eigenvalue weighted by atomic mass is 10.1. The summed E-state index contributed by atoms with van der Waals surface area (Å²) in [6.07, 6.45) is 0.00950. The molecule has 0 aliphatic carbocycles. The molecule has 1 aliphatic heterocycles. The predicted octanol–water partition coefficient (Wildman–Crippen LogP) is 5.35. The number of ether oxygens (including phenoxy) is 1. The van der Waals surface area contributed by atoms with E-state index in [-0.39, 0.29) is 36.1 Å². The standard InChI is InChI=1S/C24H19Cl2F2N3O3/c25-15-4-9-22(34-13-18-19(26)2-1-3-20(18)28)21(11-15)29-30-24(33)14-10-23(32)31(12-14)17-7-5-16(27)6-8-17/h1-9,11,14,29H,10,12-13H2,(H,30,33)/t14-/m1/s1. The molecule has 3 aromatic rings. The summed E-state index contributed by atoms with van der Waals surface area (Å²) < 4.78 is 32.9. The van der Waals surface area contributed by atoms with Gasteiger partial charge in [0.05, 0.1) is 16.6 Å². The van der Waals surface area contributed by atoms with Crippen LogP contribution in [-0.4, -0.2) is 18.4 Å². The van der Waals surface area contributed by atoms with Crippen LogP contribution >= 0.6 is 23.2 Å². The largest absolute Gasteiger partial charge is 0.487 e. The molecule has 2 N–H and O–H groups in total. The number of benzene rings is 3. The number of carbonyl (C=O) groups excluding carboxylic acids is 2. The van der Waals surface area contributed by atoms with Crippen molar-refractivity contribution in [2.24, 2.45) is 5.92 Å². The van der Waals surface area contributed by atoms with Crippen LogP contribution in [0.1, 0.15) is 12.0 Å². The molecule has 0 spiro atoms. The normalized spacial score (nSPS) is 15.4. The van der Waals surface area contributed by atoms with Gasteiger partial charge >= 0.3 is 0 Å². The van der Waals surface area contributed by atoms with Crippen LogP contribution in [0.3, 0.4) is 0 Å². The van der Waals surface area contributed by atoms with Crippen molar-refractivity contribution in [1.82, 2.24) is 5.43 Å². The van der Waals surface area contributed by atoms with Gasteiger partial charge in [-0.2, -0.15) is 0 Å². The number of anilines is 2. The van der Waals surface area contributed by atoms with E-state index in [1.807, 2.05) is 0 Å². The van der Waals surface area contributed by atoms with Crippen molar-refractivity contribution in [3.63, 3.8) is 0 Å². The molecule has 2 amide bonds. The number of nitrogens with one attached hydrogen (secondary N) is 2. The van der Waals surface area contributed by atoms with Crippen LogP contribution in [0.4, 0.5) is 20.2 Å². The Kier molecular flexibility index (Phi) is 7.19. The fourth-order valence-corrected chi connectivity index (χ4v) is 3.92. The van der Waals surface area contributed by atoms with Gasteiger partial charge in [0, 0.05) is 29.2 Å². The number of nitrogens with zero attached hydrogens (tertiary/aromatic N) is 1. The molecular weight excluding hydrogens is 487 g/mol. The molecule has 1 atom stereocenters. The average molecular weight is 506 g/mol. The lowest BCUT2D eigenvalue weighted by molar-refractivity contribution is -0.125. The fraction of sp³-hybridized carbons (Fsp3) is 0.167. The van der Waals surface area contributed by atoms with Gasteiger partial charge in [0.1, 0.15) is 24.0 Å². The first-order chi connectivity index (χ1) is 16.3. The Bertz CT molecular complexity index is 1200. The molecule has 34 heavy (non-hydrogen) atoms. The Balaban J connectivity index is 1.40. The Hall–Kier alpha value is -3.36. The topological polar surface area (TPSA) is 70.7 Å². The van der Waals surface area contributed by atoms with Crippen molar-refractivity contribution in [3.05, 3.63) is 87.9 Å². The average Bonchev–Trinajstić information content (AvgIpc) is 3.20. The van der Waals surface area contributed by atoms with Gasteiger partial charge in [-0.1, -0.05) is 29.3 Å². The third-order valence-corrected chi connectivity index (χ3v) is 5.92. The molecule has 0 aromatic heterocycles. The van der Waals surface area contributed by atoms with Gasteiger partial charge in [0.2, 0.25) is 11.8 Å². The highest BCUT2D eigenvalue weighted by molar-refractivity contribution is 6.31. The van der Waals surface area contributed by atoms with Gasteiger partial charge < -0.3 is 9.64 Å². The summed E-state index contributed by atoms with van der Waals surface area (Å²) in [5.41, 5.74) is 6.38. The second-order valence-corrected chi connectivity index (χ2v) is 8.47. The van der Waals surface area contributed by atoms with Crippen LogP contribution in [0, 0.1) is 17.6 Å². The van der Waals surface area contributed by atoms with E-state index in [0.717, 1.165) is 0 Å². The fourth-order valence-electron chi connectivity index (χ4n) is 3.53. The first-order valence-corrected chi connectivity index (χ1v) is 11.0. The highest BCUT2D eigenvalue weighted by Crippen LogP contribution is 2.30. The Morgan fingerprint density at radius 2 is 1.85 bits per heavy atom. The van der Waals surface area contributed by atoms with Crippen LogP contribution in [0.2, 0.25) is 10.0 Å². The third kappa shape index (κ3) is 5.40. The van der Waals surface area contributed by atoms with E-state index >= 15 is 0 Å². The lowest BCUT2D eigenvalue weighted by Gasteiger charge is -2.18. The number of hydrazine groups is 1. The molecule has 1 heterocycles. The summed E-state index contributed by atoms with van der Waals surface area (Å²) in [5.74, 6) is -1.88. The number of rotatable bonds is 7. The molecule has 176 valence electrons. The molecule has 6 nitrogen and oxygen atoms in total. The minimum atomic E-state index is -0.620. The molecular formula is C24H19Cl2F2N3O3. The molecule has 0 saturated carbocycles. The second kappa shape index (κ2) is 10.3. The summed E-state index contributed by atoms with van der Waals surface area (Å²) in [4.78, 5) is 26.5. The van der Waals surface area contributed by atoms with Crippen LogP contribution in [0.25, 0.3) is 0 Å². The van der Waals surface area contributed by atoms with E-state index < -0.39 is 23.5 Å². The number of carbonyl (C=O) groups is 2. The van der Waals surface area contributed by atoms with E-state index in [1.165, 1.54) is 47.4 Å². The van der Waals surface area contributed by atoms with Crippen LogP contribution < -0.4 is 20.5 Å². The zero-order valence-corrected chi connectivity index (χ0v) is 19.2. The molecule has 3 aromatic carbocycles. The zero-order valence-electron chi connectivity index (χ0n) is 17.7. The summed E-state index contributed by atoms with van der Waals surface area (Å²) in [7, 11) is 0.